The Morgan fingerprint density at radius 2 is 0.768 bits per heavy atom. The second-order valence-corrected chi connectivity index (χ2v) is 11.7. The van der Waals surface area contributed by atoms with E-state index in [1.807, 2.05) is 0 Å². The van der Waals surface area contributed by atoms with Crippen molar-refractivity contribution >= 4 is 46.1 Å². The minimum atomic E-state index is -4.71. The predicted molar refractivity (Wildman–Crippen MR) is 185 cm³/mol. The molecule has 4 N–H and O–H groups in total. The van der Waals surface area contributed by atoms with Crippen LogP contribution in [-0.4, -0.2) is 23.3 Å². The Hall–Kier alpha value is -6.60. The van der Waals surface area contributed by atoms with Gasteiger partial charge in [0.1, 0.15) is 11.6 Å². The monoisotopic (exact) mass is 794 g/mol. The molecule has 20 heteroatoms. The summed E-state index contributed by atoms with van der Waals surface area (Å²) in [6.45, 7) is 0. The Labute approximate surface area is 307 Å². The fourth-order valence-corrected chi connectivity index (χ4v) is 5.00. The van der Waals surface area contributed by atoms with E-state index in [1.54, 1.807) is 0 Å². The molecule has 0 saturated heterocycles. The Balaban J connectivity index is 1.36. The highest BCUT2D eigenvalue weighted by atomic mass is 19.4. The Morgan fingerprint density at radius 3 is 1.11 bits per heavy atom. The van der Waals surface area contributed by atoms with Crippen molar-refractivity contribution in [2.24, 2.45) is 20.0 Å². The molecule has 0 saturated carbocycles. The summed E-state index contributed by atoms with van der Waals surface area (Å²) in [5.74, 6) is -0.933. The summed E-state index contributed by atoms with van der Waals surface area (Å²) in [4.78, 5) is 16.9. The van der Waals surface area contributed by atoms with Gasteiger partial charge < -0.3 is 21.3 Å². The fourth-order valence-electron chi connectivity index (χ4n) is 5.00. The van der Waals surface area contributed by atoms with E-state index < -0.39 is 47.0 Å². The van der Waals surface area contributed by atoms with E-state index in [9.17, 15) is 52.7 Å². The summed E-state index contributed by atoms with van der Waals surface area (Å²) >= 11 is 0. The summed E-state index contributed by atoms with van der Waals surface area (Å²) in [5, 5.41) is 10.8. The number of hydrogen-bond acceptors (Lipinski definition) is 6. The van der Waals surface area contributed by atoms with Gasteiger partial charge in [-0.05, 0) is 84.9 Å². The number of alkyl halides is 12. The Bertz CT molecular complexity index is 2170. The lowest BCUT2D eigenvalue weighted by molar-refractivity contribution is -0.138. The van der Waals surface area contributed by atoms with Gasteiger partial charge in [-0.1, -0.05) is 24.3 Å². The zero-order chi connectivity index (χ0) is 40.5. The third kappa shape index (κ3) is 9.73. The summed E-state index contributed by atoms with van der Waals surface area (Å²) in [6.07, 6.45) is -16.3. The SMILES string of the molecule is FC(F)(F)c1cccc(N=C2N/C(=C/C=C3\N=C(Nc4cccc(C(F)(F)F)c4)C(=Nc4cccc(C(F)(F)F)c4)N3)N=C2Nc2cccc(C(F)(F)F)c2)c1. The number of anilines is 2. The van der Waals surface area contributed by atoms with E-state index in [0.717, 1.165) is 72.8 Å². The highest BCUT2D eigenvalue weighted by molar-refractivity contribution is 6.47. The van der Waals surface area contributed by atoms with Gasteiger partial charge in [0.25, 0.3) is 0 Å². The molecule has 290 valence electrons. The van der Waals surface area contributed by atoms with Crippen molar-refractivity contribution in [3.8, 4) is 0 Å². The van der Waals surface area contributed by atoms with E-state index in [0.29, 0.717) is 0 Å². The smallest absolute Gasteiger partial charge is 0.337 e. The quantitative estimate of drug-likeness (QED) is 0.151. The van der Waals surface area contributed by atoms with Gasteiger partial charge in [0, 0.05) is 11.4 Å². The highest BCUT2D eigenvalue weighted by Gasteiger charge is 2.34. The van der Waals surface area contributed by atoms with Gasteiger partial charge >= 0.3 is 24.7 Å². The lowest BCUT2D eigenvalue weighted by Crippen LogP contribution is -2.28. The molecule has 0 aromatic heterocycles. The first-order chi connectivity index (χ1) is 26.2. The van der Waals surface area contributed by atoms with Crippen LogP contribution >= 0.6 is 0 Å². The molecule has 0 spiro atoms. The number of nitrogens with zero attached hydrogens (tertiary/aromatic N) is 4. The van der Waals surface area contributed by atoms with E-state index in [1.165, 1.54) is 36.4 Å². The van der Waals surface area contributed by atoms with Gasteiger partial charge in [-0.3, -0.25) is 0 Å². The molecule has 2 aliphatic rings. The van der Waals surface area contributed by atoms with Crippen LogP contribution in [0.4, 0.5) is 75.4 Å². The van der Waals surface area contributed by atoms with Crippen molar-refractivity contribution in [1.29, 1.82) is 0 Å². The third-order valence-corrected chi connectivity index (χ3v) is 7.54. The van der Waals surface area contributed by atoms with Crippen LogP contribution in [0.3, 0.4) is 0 Å². The molecule has 0 fully saturated rings. The largest absolute Gasteiger partial charge is 0.416 e. The molecular weight excluding hydrogens is 772 g/mol. The highest BCUT2D eigenvalue weighted by Crippen LogP contribution is 2.34. The number of nitrogens with one attached hydrogen (secondary N) is 4. The molecule has 0 radical (unpaired) electrons. The van der Waals surface area contributed by atoms with Crippen LogP contribution in [0.2, 0.25) is 0 Å². The molecule has 0 bridgehead atoms. The lowest BCUT2D eigenvalue weighted by atomic mass is 10.2. The molecule has 0 aliphatic carbocycles. The molecule has 4 aromatic carbocycles. The topological polar surface area (TPSA) is 97.6 Å². The van der Waals surface area contributed by atoms with Crippen LogP contribution in [0.5, 0.6) is 0 Å². The van der Waals surface area contributed by atoms with Crippen LogP contribution in [0, 0.1) is 0 Å². The minimum absolute atomic E-state index is 0.0645. The fraction of sp³-hybridized carbons (Fsp3) is 0.111. The van der Waals surface area contributed by atoms with Crippen molar-refractivity contribution in [1.82, 2.24) is 10.6 Å². The van der Waals surface area contributed by atoms with Crippen molar-refractivity contribution in [3.63, 3.8) is 0 Å². The maximum Gasteiger partial charge on any atom is 0.416 e. The van der Waals surface area contributed by atoms with Gasteiger partial charge in [0.2, 0.25) is 0 Å². The minimum Gasteiger partial charge on any atom is -0.337 e. The van der Waals surface area contributed by atoms with Crippen LogP contribution < -0.4 is 21.3 Å². The molecule has 0 unspecified atom stereocenters. The molecule has 0 amide bonds. The molecule has 2 aliphatic heterocycles. The van der Waals surface area contributed by atoms with Crippen molar-refractivity contribution in [3.05, 3.63) is 143 Å². The summed E-state index contributed by atoms with van der Waals surface area (Å²) in [5.41, 5.74) is -4.64. The predicted octanol–water partition coefficient (Wildman–Crippen LogP) is 10.4. The standard InChI is InChI=1S/C36H22F12N8/c37-33(38,39)19-5-1-9-23(15-19)49-29-30(50-24-10-2-6-20(16-24)34(40,41)42)54-27(53-29)13-14-28-55-31(51-25-11-3-7-21(17-25)35(43,44)45)32(56-28)52-26-12-4-8-22(18-26)36(46,47)48/h1-18H,(H,49,53)(H,50,54)(H,51,55)(H,52,56). The first-order valence-corrected chi connectivity index (χ1v) is 15.8. The number of benzene rings is 4. The number of amidine groups is 4. The Kier molecular flexibility index (Phi) is 10.4. The maximum atomic E-state index is 13.4. The normalized spacial score (nSPS) is 17.9. The molecule has 56 heavy (non-hydrogen) atoms. The Morgan fingerprint density at radius 1 is 0.446 bits per heavy atom. The number of allylic oxidation sites excluding steroid dienone is 2. The first-order valence-electron chi connectivity index (χ1n) is 15.8. The average molecular weight is 795 g/mol. The zero-order valence-electron chi connectivity index (χ0n) is 27.7. The van der Waals surface area contributed by atoms with Gasteiger partial charge in [-0.25, -0.2) is 20.0 Å². The summed E-state index contributed by atoms with van der Waals surface area (Å²) in [6, 6.07) is 15.8. The van der Waals surface area contributed by atoms with Crippen LogP contribution in [0.1, 0.15) is 22.3 Å². The summed E-state index contributed by atoms with van der Waals surface area (Å²) < 4.78 is 161. The van der Waals surface area contributed by atoms with E-state index in [2.05, 4.69) is 41.2 Å². The van der Waals surface area contributed by atoms with Crippen molar-refractivity contribution in [2.45, 2.75) is 24.7 Å². The van der Waals surface area contributed by atoms with Crippen molar-refractivity contribution in [2.75, 3.05) is 10.6 Å². The van der Waals surface area contributed by atoms with Crippen LogP contribution in [0.15, 0.2) is 141 Å². The van der Waals surface area contributed by atoms with Gasteiger partial charge in [0.15, 0.2) is 23.3 Å². The van der Waals surface area contributed by atoms with Gasteiger partial charge in [-0.15, -0.1) is 0 Å². The lowest BCUT2D eigenvalue weighted by Gasteiger charge is -2.11. The number of halogens is 12. The second-order valence-electron chi connectivity index (χ2n) is 11.7. The first kappa shape index (κ1) is 39.1. The molecular formula is C36H22F12N8. The molecule has 4 aromatic rings. The van der Waals surface area contributed by atoms with Gasteiger partial charge in [0.05, 0.1) is 33.6 Å². The van der Waals surface area contributed by atoms with E-state index >= 15 is 0 Å². The molecule has 8 nitrogen and oxygen atoms in total. The van der Waals surface area contributed by atoms with E-state index in [4.69, 9.17) is 0 Å². The van der Waals surface area contributed by atoms with Crippen LogP contribution in [-0.2, 0) is 24.7 Å². The second kappa shape index (κ2) is 14.9. The summed E-state index contributed by atoms with van der Waals surface area (Å²) in [7, 11) is 0. The maximum absolute atomic E-state index is 13.4. The number of aliphatic imine (C=N–C) groups is 4. The van der Waals surface area contributed by atoms with Crippen LogP contribution in [0.25, 0.3) is 0 Å². The van der Waals surface area contributed by atoms with Gasteiger partial charge in [-0.2, -0.15) is 52.7 Å². The molecule has 2 heterocycles. The van der Waals surface area contributed by atoms with Crippen molar-refractivity contribution < 1.29 is 52.7 Å². The number of hydrogen-bond donors (Lipinski definition) is 4. The average Bonchev–Trinajstić information content (AvgIpc) is 3.68. The molecule has 6 rings (SSSR count). The third-order valence-electron chi connectivity index (χ3n) is 7.54. The van der Waals surface area contributed by atoms with E-state index in [-0.39, 0.29) is 57.7 Å². The molecule has 0 atom stereocenters. The number of rotatable bonds is 5. The zero-order valence-corrected chi connectivity index (χ0v) is 27.7.